The van der Waals surface area contributed by atoms with Crippen LogP contribution in [0, 0.1) is 15.5 Å². The fourth-order valence-electron chi connectivity index (χ4n) is 10.1. The van der Waals surface area contributed by atoms with Crippen molar-refractivity contribution in [2.24, 2.45) is 11.1 Å². The number of amides is 1. The third kappa shape index (κ3) is 9.08. The molecule has 2 aromatic heterocycles. The van der Waals surface area contributed by atoms with Gasteiger partial charge in [0.25, 0.3) is 11.6 Å². The molecule has 0 spiro atoms. The molecule has 1 aliphatic carbocycles. The lowest BCUT2D eigenvalue weighted by Crippen LogP contribution is -2.48. The summed E-state index contributed by atoms with van der Waals surface area (Å²) in [5.41, 5.74) is 8.30. The van der Waals surface area contributed by atoms with Gasteiger partial charge in [-0.2, -0.15) is 18.2 Å². The number of nitrogens with two attached hydrogens (primary N) is 1. The van der Waals surface area contributed by atoms with Crippen LogP contribution < -0.4 is 30.3 Å². The van der Waals surface area contributed by atoms with Gasteiger partial charge in [-0.25, -0.2) is 8.42 Å². The van der Waals surface area contributed by atoms with E-state index >= 15 is 8.42 Å². The molecule has 6 heterocycles. The quantitative estimate of drug-likeness (QED) is 0.0899. The number of halogens is 4. The Bertz CT molecular complexity index is 3030. The van der Waals surface area contributed by atoms with Crippen LogP contribution in [-0.4, -0.2) is 124 Å². The van der Waals surface area contributed by atoms with Gasteiger partial charge in [-0.15, -0.1) is 0 Å². The SMILES string of the molecule is CC1(C)CCC(CN2CCN(c3ccc(C(N)=O)c(N4C[C@@H](C(F)(F)F)Oc5nc6[nH]ccc6cc54)c3S(=O)(=O)c3cc4c(c([N+](=O)[O-])c3)N[C@H]([C@H]3COCCO3)CO4)CC2)=C(c2ccc(Cl)cc2)C1. The Hall–Kier alpha value is -6.13. The van der Waals surface area contributed by atoms with E-state index in [-0.39, 0.29) is 60.2 Å². The number of fused-ring (bicyclic) bond motifs is 3. The molecular formula is C48H50ClF3N8O9S. The number of nitrogens with one attached hydrogen (secondary N) is 2. The number of carbonyl (C=O) groups is 1. The van der Waals surface area contributed by atoms with Crippen molar-refractivity contribution < 1.29 is 50.3 Å². The van der Waals surface area contributed by atoms with Crippen molar-refractivity contribution in [3.63, 3.8) is 0 Å². The predicted molar refractivity (Wildman–Crippen MR) is 255 cm³/mol. The number of aromatic amines is 1. The van der Waals surface area contributed by atoms with Crippen molar-refractivity contribution >= 4 is 72.4 Å². The molecule has 70 heavy (non-hydrogen) atoms. The van der Waals surface area contributed by atoms with Crippen molar-refractivity contribution in [3.8, 4) is 11.6 Å². The number of ether oxygens (including phenoxy) is 4. The van der Waals surface area contributed by atoms with Gasteiger partial charge in [0.05, 0.1) is 59.2 Å². The highest BCUT2D eigenvalue weighted by atomic mass is 35.5. The number of H-pyrrole nitrogens is 1. The number of allylic oxidation sites excluding steroid dienone is 1. The third-order valence-electron chi connectivity index (χ3n) is 13.8. The largest absolute Gasteiger partial charge is 0.489 e. The first kappa shape index (κ1) is 47.5. The molecule has 4 N–H and O–H groups in total. The number of pyridine rings is 1. The fourth-order valence-corrected chi connectivity index (χ4v) is 11.9. The van der Waals surface area contributed by atoms with Gasteiger partial charge >= 0.3 is 6.18 Å². The second kappa shape index (κ2) is 18.2. The van der Waals surface area contributed by atoms with Crippen molar-refractivity contribution in [1.29, 1.82) is 0 Å². The predicted octanol–water partition coefficient (Wildman–Crippen LogP) is 7.89. The smallest absolute Gasteiger partial charge is 0.427 e. The van der Waals surface area contributed by atoms with Crippen LogP contribution in [0.4, 0.5) is 41.6 Å². The number of hydrogen-bond donors (Lipinski definition) is 3. The fraction of sp³-hybridized carbons (Fsp3) is 0.417. The number of carbonyl (C=O) groups excluding carboxylic acids is 1. The van der Waals surface area contributed by atoms with Gasteiger partial charge in [0.2, 0.25) is 21.8 Å². The van der Waals surface area contributed by atoms with E-state index < -0.39 is 84.2 Å². The van der Waals surface area contributed by atoms with Gasteiger partial charge in [-0.05, 0) is 72.2 Å². The number of nitro groups is 1. The first-order chi connectivity index (χ1) is 33.3. The number of nitro benzene ring substituents is 1. The Morgan fingerprint density at radius 2 is 1.80 bits per heavy atom. The van der Waals surface area contributed by atoms with E-state index in [4.69, 9.17) is 36.3 Å². The Kier molecular flexibility index (Phi) is 12.4. The molecule has 0 radical (unpaired) electrons. The van der Waals surface area contributed by atoms with Gasteiger partial charge in [-0.3, -0.25) is 19.8 Å². The third-order valence-corrected chi connectivity index (χ3v) is 15.8. The maximum absolute atomic E-state index is 15.8. The number of alkyl halides is 3. The van der Waals surface area contributed by atoms with Gasteiger partial charge in [0.15, 0.2) is 11.4 Å². The van der Waals surface area contributed by atoms with Gasteiger partial charge in [0.1, 0.15) is 28.9 Å². The zero-order valence-electron chi connectivity index (χ0n) is 38.2. The molecule has 3 aromatic carbocycles. The minimum absolute atomic E-state index is 0.0429. The lowest BCUT2D eigenvalue weighted by atomic mass is 9.72. The Labute approximate surface area is 405 Å². The molecular weight excluding hydrogens is 957 g/mol. The lowest BCUT2D eigenvalue weighted by molar-refractivity contribution is -0.384. The molecule has 370 valence electrons. The molecule has 5 aromatic rings. The van der Waals surface area contributed by atoms with Crippen molar-refractivity contribution in [2.75, 3.05) is 80.8 Å². The number of rotatable bonds is 10. The molecule has 0 unspecified atom stereocenters. The summed E-state index contributed by atoms with van der Waals surface area (Å²) < 4.78 is 99.1. The molecule has 4 aliphatic heterocycles. The first-order valence-electron chi connectivity index (χ1n) is 22.9. The molecule has 10 rings (SSSR count). The zero-order valence-corrected chi connectivity index (χ0v) is 39.8. The maximum Gasteiger partial charge on any atom is 0.427 e. The highest BCUT2D eigenvalue weighted by Crippen LogP contribution is 2.51. The van der Waals surface area contributed by atoms with E-state index in [0.29, 0.717) is 43.3 Å². The Morgan fingerprint density at radius 1 is 1.03 bits per heavy atom. The van der Waals surface area contributed by atoms with Crippen molar-refractivity contribution in [3.05, 3.63) is 98.7 Å². The van der Waals surface area contributed by atoms with E-state index in [1.165, 1.54) is 35.5 Å². The average molecular weight is 1010 g/mol. The van der Waals surface area contributed by atoms with Gasteiger partial charge in [0, 0.05) is 61.5 Å². The monoisotopic (exact) mass is 1010 g/mol. The number of hydrogen-bond acceptors (Lipinski definition) is 14. The number of aromatic nitrogens is 2. The van der Waals surface area contributed by atoms with E-state index in [0.717, 1.165) is 41.9 Å². The highest BCUT2D eigenvalue weighted by molar-refractivity contribution is 7.91. The van der Waals surface area contributed by atoms with E-state index in [1.54, 1.807) is 11.0 Å². The summed E-state index contributed by atoms with van der Waals surface area (Å²) in [5, 5.41) is 17.0. The number of piperazine rings is 1. The summed E-state index contributed by atoms with van der Waals surface area (Å²) in [6.45, 7) is 6.37. The number of sulfone groups is 1. The topological polar surface area (TPSA) is 208 Å². The van der Waals surface area contributed by atoms with Crippen LogP contribution in [0.1, 0.15) is 49.0 Å². The minimum Gasteiger partial charge on any atom is -0.489 e. The standard InChI is InChI=1S/C48H50ClF3N8O9S/c1-47(2)11-9-29(33(22-47)27-3-5-30(49)6-4-27)23-57-13-15-58(16-14-57)35-8-7-32(44(53)61)42(59-24-40(48(50,51)52)69-46-37(59)19-28-10-12-54-45(28)56-46)43(35)70(64,65)31-20-36(60(62)63)41-38(21-31)68-25-34(55-41)39-26-66-17-18-67-39/h3-8,10,12,19-21,34,39-40,55H,9,11,13-18,22-26H2,1-2H3,(H2,53,61)(H,54,56)/t34-,39+,40-/m0/s1. The summed E-state index contributed by atoms with van der Waals surface area (Å²) in [5.74, 6) is -1.78. The Balaban J connectivity index is 1.09. The number of anilines is 4. The lowest BCUT2D eigenvalue weighted by Gasteiger charge is -2.41. The molecule has 2 saturated heterocycles. The zero-order chi connectivity index (χ0) is 49.3. The summed E-state index contributed by atoms with van der Waals surface area (Å²) in [4.78, 5) is 36.8. The van der Waals surface area contributed by atoms with Gasteiger partial charge in [-0.1, -0.05) is 43.2 Å². The van der Waals surface area contributed by atoms with Crippen LogP contribution >= 0.6 is 11.6 Å². The van der Waals surface area contributed by atoms with Gasteiger partial charge < -0.3 is 44.8 Å². The molecule has 0 saturated carbocycles. The minimum atomic E-state index is -5.08. The van der Waals surface area contributed by atoms with E-state index in [2.05, 4.69) is 34.0 Å². The molecule has 1 amide bonds. The van der Waals surface area contributed by atoms with Crippen LogP contribution in [0.5, 0.6) is 11.6 Å². The van der Waals surface area contributed by atoms with E-state index in [9.17, 15) is 28.1 Å². The van der Waals surface area contributed by atoms with Crippen LogP contribution in [0.25, 0.3) is 16.6 Å². The summed E-state index contributed by atoms with van der Waals surface area (Å²) >= 11 is 6.27. The summed E-state index contributed by atoms with van der Waals surface area (Å²) in [6, 6.07) is 15.1. The molecule has 5 aliphatic rings. The molecule has 3 atom stereocenters. The number of primary amides is 1. The van der Waals surface area contributed by atoms with Crippen LogP contribution in [0.2, 0.25) is 5.02 Å². The van der Waals surface area contributed by atoms with Crippen LogP contribution in [0.3, 0.4) is 0 Å². The second-order valence-electron chi connectivity index (χ2n) is 19.0. The normalized spacial score (nSPS) is 21.9. The Morgan fingerprint density at radius 3 is 2.50 bits per heavy atom. The molecule has 2 fully saturated rings. The number of nitrogens with zero attached hydrogens (tertiary/aromatic N) is 5. The summed E-state index contributed by atoms with van der Waals surface area (Å²) in [7, 11) is -5.08. The molecule has 22 heteroatoms. The van der Waals surface area contributed by atoms with Crippen molar-refractivity contribution in [2.45, 2.75) is 67.3 Å². The maximum atomic E-state index is 15.8. The van der Waals surface area contributed by atoms with Crippen LogP contribution in [0.15, 0.2) is 82.2 Å². The highest BCUT2D eigenvalue weighted by Gasteiger charge is 2.49. The summed E-state index contributed by atoms with van der Waals surface area (Å²) in [6.07, 6.45) is -3.79. The average Bonchev–Trinajstić information content (AvgIpc) is 3.80. The molecule has 17 nitrogen and oxygen atoms in total. The second-order valence-corrected chi connectivity index (χ2v) is 21.3. The van der Waals surface area contributed by atoms with E-state index in [1.807, 2.05) is 24.3 Å². The van der Waals surface area contributed by atoms with Crippen molar-refractivity contribution in [1.82, 2.24) is 14.9 Å². The van der Waals surface area contributed by atoms with Crippen LogP contribution in [-0.2, 0) is 19.3 Å². The molecule has 0 bridgehead atoms. The first-order valence-corrected chi connectivity index (χ1v) is 24.8. The number of benzene rings is 3.